The molecule has 2 aliphatic rings. The van der Waals surface area contributed by atoms with Crippen LogP contribution in [0.5, 0.6) is 0 Å². The van der Waals surface area contributed by atoms with E-state index in [2.05, 4.69) is 17.6 Å². The van der Waals surface area contributed by atoms with Gasteiger partial charge in [-0.1, -0.05) is 19.8 Å². The van der Waals surface area contributed by atoms with Gasteiger partial charge in [0, 0.05) is 31.4 Å². The molecule has 2 N–H and O–H groups in total. The highest BCUT2D eigenvalue weighted by Crippen LogP contribution is 2.33. The number of amides is 4. The predicted octanol–water partition coefficient (Wildman–Crippen LogP) is 1.74. The van der Waals surface area contributed by atoms with Crippen LogP contribution in [0.15, 0.2) is 0 Å². The van der Waals surface area contributed by atoms with Crippen LogP contribution in [-0.2, 0) is 9.59 Å². The van der Waals surface area contributed by atoms with Crippen molar-refractivity contribution in [2.75, 3.05) is 12.3 Å². The van der Waals surface area contributed by atoms with E-state index in [-0.39, 0.29) is 29.9 Å². The molecule has 0 aromatic carbocycles. The molecule has 0 aliphatic carbocycles. The number of nitrogens with one attached hydrogen (secondary N) is 2. The molecule has 6 nitrogen and oxygen atoms in total. The molecule has 4 amide bonds. The molecule has 0 saturated carbocycles. The number of nitrogens with zero attached hydrogens (tertiary/aromatic N) is 1. The third-order valence-electron chi connectivity index (χ3n) is 4.63. The Hall–Kier alpha value is -1.24. The van der Waals surface area contributed by atoms with Crippen LogP contribution in [0.25, 0.3) is 0 Å². The summed E-state index contributed by atoms with van der Waals surface area (Å²) in [6.07, 6.45) is 4.30. The van der Waals surface area contributed by atoms with Gasteiger partial charge in [-0.15, -0.1) is 0 Å². The van der Waals surface area contributed by atoms with E-state index in [1.807, 2.05) is 11.8 Å². The molecule has 2 saturated heterocycles. The zero-order valence-electron chi connectivity index (χ0n) is 14.1. The molecule has 4 atom stereocenters. The van der Waals surface area contributed by atoms with Crippen molar-refractivity contribution in [3.63, 3.8) is 0 Å². The van der Waals surface area contributed by atoms with Crippen LogP contribution in [0.3, 0.4) is 0 Å². The molecule has 130 valence electrons. The summed E-state index contributed by atoms with van der Waals surface area (Å²) in [5.74, 6) is 0.959. The fourth-order valence-electron chi connectivity index (χ4n) is 3.36. The van der Waals surface area contributed by atoms with Crippen LogP contribution < -0.4 is 10.6 Å². The van der Waals surface area contributed by atoms with Gasteiger partial charge in [0.15, 0.2) is 0 Å². The lowest BCUT2D eigenvalue weighted by Gasteiger charge is -2.22. The summed E-state index contributed by atoms with van der Waals surface area (Å²) in [4.78, 5) is 35.5. The summed E-state index contributed by atoms with van der Waals surface area (Å²) >= 11 is 1.94. The van der Waals surface area contributed by atoms with Gasteiger partial charge in [0.2, 0.25) is 11.8 Å². The summed E-state index contributed by atoms with van der Waals surface area (Å²) in [7, 11) is 0. The fourth-order valence-corrected chi connectivity index (χ4v) is 4.91. The largest absolute Gasteiger partial charge is 0.332 e. The van der Waals surface area contributed by atoms with Gasteiger partial charge in [0.05, 0.1) is 12.1 Å². The lowest BCUT2D eigenvalue weighted by Crippen LogP contribution is -2.37. The van der Waals surface area contributed by atoms with E-state index in [4.69, 9.17) is 0 Å². The Kier molecular flexibility index (Phi) is 6.33. The second kappa shape index (κ2) is 8.04. The zero-order chi connectivity index (χ0) is 17.0. The summed E-state index contributed by atoms with van der Waals surface area (Å²) in [5, 5.41) is 6.47. The van der Waals surface area contributed by atoms with Crippen molar-refractivity contribution in [1.29, 1.82) is 0 Å². The van der Waals surface area contributed by atoms with Crippen molar-refractivity contribution in [2.45, 2.75) is 63.8 Å². The minimum Gasteiger partial charge on any atom is -0.332 e. The quantitative estimate of drug-likeness (QED) is 0.546. The van der Waals surface area contributed by atoms with Gasteiger partial charge in [0.1, 0.15) is 0 Å². The van der Waals surface area contributed by atoms with Gasteiger partial charge >= 0.3 is 6.03 Å². The molecule has 2 heterocycles. The number of thioether (sulfide) groups is 1. The average Bonchev–Trinajstić information content (AvgIpc) is 3.00. The molecule has 0 aromatic rings. The molecular weight excluding hydrogens is 314 g/mol. The van der Waals surface area contributed by atoms with Crippen molar-refractivity contribution < 1.29 is 14.4 Å². The van der Waals surface area contributed by atoms with E-state index >= 15 is 0 Å². The average molecular weight is 341 g/mol. The Morgan fingerprint density at radius 2 is 1.96 bits per heavy atom. The van der Waals surface area contributed by atoms with Crippen molar-refractivity contribution in [1.82, 2.24) is 15.5 Å². The number of imide groups is 1. The first-order valence-electron chi connectivity index (χ1n) is 8.35. The molecule has 2 fully saturated rings. The van der Waals surface area contributed by atoms with E-state index in [1.54, 1.807) is 0 Å². The van der Waals surface area contributed by atoms with Crippen LogP contribution in [0.1, 0.15) is 46.5 Å². The maximum atomic E-state index is 11.4. The van der Waals surface area contributed by atoms with E-state index < -0.39 is 0 Å². The molecule has 0 aromatic heterocycles. The van der Waals surface area contributed by atoms with Gasteiger partial charge < -0.3 is 10.6 Å². The molecule has 4 unspecified atom stereocenters. The molecule has 0 bridgehead atoms. The van der Waals surface area contributed by atoms with Crippen LogP contribution in [0.2, 0.25) is 0 Å². The van der Waals surface area contributed by atoms with Gasteiger partial charge in [-0.25, -0.2) is 4.79 Å². The second-order valence-corrected chi connectivity index (χ2v) is 7.93. The normalized spacial score (nSPS) is 27.1. The van der Waals surface area contributed by atoms with Crippen LogP contribution in [-0.4, -0.2) is 52.4 Å². The maximum Gasteiger partial charge on any atom is 0.315 e. The van der Waals surface area contributed by atoms with Crippen molar-refractivity contribution in [3.05, 3.63) is 0 Å². The Balaban J connectivity index is 1.64. The molecule has 0 spiro atoms. The molecule has 2 rings (SSSR count). The Bertz CT molecular complexity index is 457. The minimum atomic E-state index is -0.178. The highest BCUT2D eigenvalue weighted by molar-refractivity contribution is 8.00. The number of urea groups is 1. The van der Waals surface area contributed by atoms with Crippen LogP contribution >= 0.6 is 11.8 Å². The summed E-state index contributed by atoms with van der Waals surface area (Å²) in [6.45, 7) is 5.46. The van der Waals surface area contributed by atoms with Crippen LogP contribution in [0, 0.1) is 5.92 Å². The number of carbonyl (C=O) groups is 3. The SMILES string of the molecule is CC(=O)N(CC(C)CCCCC1SCC2NC(=O)NC21)C(C)=O. The van der Waals surface area contributed by atoms with E-state index in [0.717, 1.165) is 31.4 Å². The number of hydrogen-bond donors (Lipinski definition) is 2. The second-order valence-electron chi connectivity index (χ2n) is 6.66. The van der Waals surface area contributed by atoms with Gasteiger partial charge in [-0.2, -0.15) is 11.8 Å². The Morgan fingerprint density at radius 3 is 2.61 bits per heavy atom. The standard InChI is InChI=1S/C16H27N3O3S/c1-10(8-19(11(2)20)12(3)21)6-4-5-7-14-15-13(9-23-14)17-16(22)18-15/h10,13-15H,4-9H2,1-3H3,(H2,17,18,22). The van der Waals surface area contributed by atoms with Gasteiger partial charge in [-0.3, -0.25) is 14.5 Å². The van der Waals surface area contributed by atoms with E-state index in [9.17, 15) is 14.4 Å². The molecular formula is C16H27N3O3S. The smallest absolute Gasteiger partial charge is 0.315 e. The molecule has 2 aliphatic heterocycles. The highest BCUT2D eigenvalue weighted by Gasteiger charge is 2.42. The topological polar surface area (TPSA) is 78.5 Å². The maximum absolute atomic E-state index is 11.4. The van der Waals surface area contributed by atoms with E-state index in [1.165, 1.54) is 18.7 Å². The first kappa shape index (κ1) is 18.1. The summed E-state index contributed by atoms with van der Waals surface area (Å²) in [5.41, 5.74) is 0. The monoisotopic (exact) mass is 341 g/mol. The highest BCUT2D eigenvalue weighted by atomic mass is 32.2. The molecule has 0 radical (unpaired) electrons. The lowest BCUT2D eigenvalue weighted by molar-refractivity contribution is -0.142. The lowest BCUT2D eigenvalue weighted by atomic mass is 9.99. The van der Waals surface area contributed by atoms with Crippen molar-refractivity contribution in [3.8, 4) is 0 Å². The third kappa shape index (κ3) is 4.86. The Labute approximate surface area is 142 Å². The van der Waals surface area contributed by atoms with Crippen molar-refractivity contribution >= 4 is 29.6 Å². The zero-order valence-corrected chi connectivity index (χ0v) is 14.9. The van der Waals surface area contributed by atoms with Crippen molar-refractivity contribution in [2.24, 2.45) is 5.92 Å². The van der Waals surface area contributed by atoms with Gasteiger partial charge in [-0.05, 0) is 18.8 Å². The molecule has 23 heavy (non-hydrogen) atoms. The Morgan fingerprint density at radius 1 is 1.26 bits per heavy atom. The first-order valence-corrected chi connectivity index (χ1v) is 9.40. The number of fused-ring (bicyclic) bond motifs is 1. The van der Waals surface area contributed by atoms with Crippen LogP contribution in [0.4, 0.5) is 4.79 Å². The summed E-state index contributed by atoms with van der Waals surface area (Å²) < 4.78 is 0. The number of hydrogen-bond acceptors (Lipinski definition) is 4. The number of rotatable bonds is 7. The number of unbranched alkanes of at least 4 members (excludes halogenated alkanes) is 1. The van der Waals surface area contributed by atoms with E-state index in [0.29, 0.717) is 17.7 Å². The fraction of sp³-hybridized carbons (Fsp3) is 0.812. The molecule has 7 heteroatoms. The first-order chi connectivity index (χ1) is 10.9. The summed E-state index contributed by atoms with van der Waals surface area (Å²) in [6, 6.07) is 0.527. The number of carbonyl (C=O) groups excluding carboxylic acids is 3. The predicted molar refractivity (Wildman–Crippen MR) is 91.2 cm³/mol. The van der Waals surface area contributed by atoms with Gasteiger partial charge in [0.25, 0.3) is 0 Å². The minimum absolute atomic E-state index is 0.0347. The third-order valence-corrected chi connectivity index (χ3v) is 6.14.